The van der Waals surface area contributed by atoms with Crippen molar-refractivity contribution in [3.8, 4) is 0 Å². The van der Waals surface area contributed by atoms with E-state index in [2.05, 4.69) is 0 Å². The highest BCUT2D eigenvalue weighted by Crippen LogP contribution is 2.28. The number of hydrogen-bond donors (Lipinski definition) is 8. The second-order valence-corrected chi connectivity index (χ2v) is 5.53. The van der Waals surface area contributed by atoms with Crippen molar-refractivity contribution in [1.82, 2.24) is 0 Å². The predicted octanol–water partition coefficient (Wildman–Crippen LogP) is -5.40. The molecule has 0 radical (unpaired) electrons. The van der Waals surface area contributed by atoms with Gasteiger partial charge in [-0.2, -0.15) is 0 Å². The summed E-state index contributed by atoms with van der Waals surface area (Å²) in [6.45, 7) is -1.35. The SMILES string of the molecule is OCC1O[C@@H](O[C@@H]2C(CO)O[C@H](O)[C@@H](O)[C@@H]2O)[C@@H](O)[C@H](O)[C@@H]1O. The molecule has 2 fully saturated rings. The lowest BCUT2D eigenvalue weighted by atomic mass is 9.97. The Bertz CT molecular complexity index is 378. The predicted molar refractivity (Wildman–Crippen MR) is 68.6 cm³/mol. The number of rotatable bonds is 4. The van der Waals surface area contributed by atoms with Gasteiger partial charge in [0.2, 0.25) is 0 Å². The van der Waals surface area contributed by atoms with Crippen LogP contribution in [0.2, 0.25) is 0 Å². The smallest absolute Gasteiger partial charge is 0.187 e. The van der Waals surface area contributed by atoms with Crippen LogP contribution in [0, 0.1) is 0 Å². The highest BCUT2D eigenvalue weighted by molar-refractivity contribution is 4.93. The lowest BCUT2D eigenvalue weighted by molar-refractivity contribution is -0.355. The second-order valence-electron chi connectivity index (χ2n) is 5.53. The molecule has 2 saturated heterocycles. The molecule has 0 amide bonds. The van der Waals surface area contributed by atoms with Crippen LogP contribution < -0.4 is 0 Å². The minimum atomic E-state index is -1.74. The van der Waals surface area contributed by atoms with Gasteiger partial charge in [-0.1, -0.05) is 0 Å². The first-order valence-electron chi connectivity index (χ1n) is 7.08. The van der Waals surface area contributed by atoms with Gasteiger partial charge in [-0.3, -0.25) is 0 Å². The second kappa shape index (κ2) is 7.63. The standard InChI is InChI=1S/C12H22O11/c13-1-3-5(15)6(16)9(19)12(22-3)23-10-4(2-14)21-11(20)8(18)7(10)17/h3-20H,1-2H2/t3?,4?,5-,6-,7+,8+,9+,10-,11+,12+/m1/s1. The molecule has 10 atom stereocenters. The number of aliphatic hydroxyl groups excluding tert-OH is 8. The zero-order valence-corrected chi connectivity index (χ0v) is 12.0. The summed E-state index contributed by atoms with van der Waals surface area (Å²) < 4.78 is 15.3. The summed E-state index contributed by atoms with van der Waals surface area (Å²) in [5, 5.41) is 76.5. The molecule has 11 nitrogen and oxygen atoms in total. The van der Waals surface area contributed by atoms with Crippen molar-refractivity contribution in [2.45, 2.75) is 61.4 Å². The van der Waals surface area contributed by atoms with Crippen LogP contribution in [0.3, 0.4) is 0 Å². The Kier molecular flexibility index (Phi) is 6.27. The number of aliphatic hydroxyl groups is 8. The van der Waals surface area contributed by atoms with E-state index in [1.54, 1.807) is 0 Å². The van der Waals surface area contributed by atoms with Crippen molar-refractivity contribution in [2.24, 2.45) is 0 Å². The fourth-order valence-electron chi connectivity index (χ4n) is 2.57. The van der Waals surface area contributed by atoms with Gasteiger partial charge in [-0.05, 0) is 0 Å². The van der Waals surface area contributed by atoms with Crippen LogP contribution in [-0.4, -0.2) is 115 Å². The molecule has 2 aliphatic rings. The highest BCUT2D eigenvalue weighted by atomic mass is 16.7. The Morgan fingerprint density at radius 1 is 0.652 bits per heavy atom. The van der Waals surface area contributed by atoms with E-state index in [1.807, 2.05) is 0 Å². The van der Waals surface area contributed by atoms with E-state index in [0.29, 0.717) is 0 Å². The van der Waals surface area contributed by atoms with E-state index in [9.17, 15) is 35.7 Å². The summed E-state index contributed by atoms with van der Waals surface area (Å²) in [6.07, 6.45) is -15.6. The fourth-order valence-corrected chi connectivity index (χ4v) is 2.57. The molecule has 11 heteroatoms. The Morgan fingerprint density at radius 2 is 1.26 bits per heavy atom. The molecule has 0 aliphatic carbocycles. The van der Waals surface area contributed by atoms with Crippen molar-refractivity contribution in [3.05, 3.63) is 0 Å². The molecule has 2 unspecified atom stereocenters. The Labute approximate surface area is 130 Å². The molecule has 2 heterocycles. The average molecular weight is 342 g/mol. The summed E-state index contributed by atoms with van der Waals surface area (Å²) >= 11 is 0. The summed E-state index contributed by atoms with van der Waals surface area (Å²) in [7, 11) is 0. The van der Waals surface area contributed by atoms with Crippen LogP contribution in [0.5, 0.6) is 0 Å². The van der Waals surface area contributed by atoms with Gasteiger partial charge in [0, 0.05) is 0 Å². The molecule has 2 rings (SSSR count). The lowest BCUT2D eigenvalue weighted by Crippen LogP contribution is -2.64. The van der Waals surface area contributed by atoms with Crippen LogP contribution in [0.25, 0.3) is 0 Å². The van der Waals surface area contributed by atoms with Crippen LogP contribution in [0.15, 0.2) is 0 Å². The largest absolute Gasteiger partial charge is 0.394 e. The van der Waals surface area contributed by atoms with Gasteiger partial charge in [0.15, 0.2) is 12.6 Å². The van der Waals surface area contributed by atoms with Crippen molar-refractivity contribution in [1.29, 1.82) is 0 Å². The van der Waals surface area contributed by atoms with Crippen LogP contribution >= 0.6 is 0 Å². The van der Waals surface area contributed by atoms with Gasteiger partial charge in [0.05, 0.1) is 13.2 Å². The normalized spacial score (nSPS) is 51.7. The lowest BCUT2D eigenvalue weighted by Gasteiger charge is -2.45. The van der Waals surface area contributed by atoms with E-state index in [4.69, 9.17) is 19.3 Å². The molecule has 0 spiro atoms. The van der Waals surface area contributed by atoms with Crippen LogP contribution in [0.1, 0.15) is 0 Å². The Balaban J connectivity index is 2.11. The van der Waals surface area contributed by atoms with Crippen molar-refractivity contribution in [3.63, 3.8) is 0 Å². The first-order valence-corrected chi connectivity index (χ1v) is 7.08. The summed E-state index contributed by atoms with van der Waals surface area (Å²) in [6, 6.07) is 0. The molecule has 0 saturated carbocycles. The first kappa shape index (κ1) is 18.9. The maximum absolute atomic E-state index is 9.94. The molecular formula is C12H22O11. The molecular weight excluding hydrogens is 320 g/mol. The van der Waals surface area contributed by atoms with Crippen molar-refractivity contribution in [2.75, 3.05) is 13.2 Å². The van der Waals surface area contributed by atoms with E-state index < -0.39 is 74.6 Å². The average Bonchev–Trinajstić information content (AvgIpc) is 2.55. The fraction of sp³-hybridized carbons (Fsp3) is 1.00. The van der Waals surface area contributed by atoms with E-state index in [0.717, 1.165) is 0 Å². The summed E-state index contributed by atoms with van der Waals surface area (Å²) in [4.78, 5) is 0. The quantitative estimate of drug-likeness (QED) is 0.243. The van der Waals surface area contributed by atoms with Crippen molar-refractivity contribution < 1.29 is 55.1 Å². The third-order valence-corrected chi connectivity index (χ3v) is 3.98. The Morgan fingerprint density at radius 3 is 1.83 bits per heavy atom. The minimum Gasteiger partial charge on any atom is -0.394 e. The molecule has 0 bridgehead atoms. The number of hydrogen-bond acceptors (Lipinski definition) is 11. The highest BCUT2D eigenvalue weighted by Gasteiger charge is 2.50. The summed E-state index contributed by atoms with van der Waals surface area (Å²) in [5.74, 6) is 0. The molecule has 0 aromatic carbocycles. The van der Waals surface area contributed by atoms with E-state index in [1.165, 1.54) is 0 Å². The first-order chi connectivity index (χ1) is 10.8. The van der Waals surface area contributed by atoms with Gasteiger partial charge in [0.25, 0.3) is 0 Å². The number of ether oxygens (including phenoxy) is 3. The van der Waals surface area contributed by atoms with E-state index in [-0.39, 0.29) is 0 Å². The topological polar surface area (TPSA) is 190 Å². The monoisotopic (exact) mass is 342 g/mol. The summed E-state index contributed by atoms with van der Waals surface area (Å²) in [5.41, 5.74) is 0. The van der Waals surface area contributed by atoms with Gasteiger partial charge in [-0.25, -0.2) is 0 Å². The van der Waals surface area contributed by atoms with Gasteiger partial charge < -0.3 is 55.1 Å². The molecule has 8 N–H and O–H groups in total. The molecule has 136 valence electrons. The molecule has 0 aromatic heterocycles. The molecule has 0 aromatic rings. The van der Waals surface area contributed by atoms with Crippen LogP contribution in [-0.2, 0) is 14.2 Å². The van der Waals surface area contributed by atoms with Gasteiger partial charge in [0.1, 0.15) is 48.8 Å². The third-order valence-electron chi connectivity index (χ3n) is 3.98. The third kappa shape index (κ3) is 3.65. The van der Waals surface area contributed by atoms with Gasteiger partial charge >= 0.3 is 0 Å². The van der Waals surface area contributed by atoms with Crippen LogP contribution in [0.4, 0.5) is 0 Å². The van der Waals surface area contributed by atoms with Crippen molar-refractivity contribution >= 4 is 0 Å². The molecule has 23 heavy (non-hydrogen) atoms. The zero-order valence-electron chi connectivity index (χ0n) is 12.0. The zero-order chi connectivity index (χ0) is 17.3. The van der Waals surface area contributed by atoms with Gasteiger partial charge in [-0.15, -0.1) is 0 Å². The Hall–Kier alpha value is -0.440. The maximum Gasteiger partial charge on any atom is 0.187 e. The minimum absolute atomic E-state index is 0.667. The molecule has 2 aliphatic heterocycles. The van der Waals surface area contributed by atoms with E-state index >= 15 is 0 Å². The maximum atomic E-state index is 9.94.